The zero-order valence-corrected chi connectivity index (χ0v) is 13.1. The number of benzene rings is 2. The molecule has 0 atom stereocenters. The number of likely N-dealkylation sites (N-methyl/N-ethyl adjacent to an activating group) is 1. The minimum atomic E-state index is -0.516. The molecule has 6 heteroatoms. The minimum Gasteiger partial charge on any atom is -0.492 e. The first-order chi connectivity index (χ1) is 11.0. The number of amides is 1. The highest BCUT2D eigenvalue weighted by molar-refractivity contribution is 5.94. The molecule has 0 aliphatic heterocycles. The highest BCUT2D eigenvalue weighted by Gasteiger charge is 2.15. The van der Waals surface area contributed by atoms with Gasteiger partial charge in [-0.2, -0.15) is 0 Å². The number of nitrogens with zero attached hydrogens (tertiary/aromatic N) is 2. The van der Waals surface area contributed by atoms with Crippen LogP contribution >= 0.6 is 0 Å². The lowest BCUT2D eigenvalue weighted by molar-refractivity contribution is -0.384. The molecule has 0 fully saturated rings. The molecule has 0 aromatic heterocycles. The van der Waals surface area contributed by atoms with Gasteiger partial charge in [-0.1, -0.05) is 18.2 Å². The molecular weight excluding hydrogens is 296 g/mol. The second kappa shape index (κ2) is 7.40. The molecule has 2 rings (SSSR count). The van der Waals surface area contributed by atoms with Crippen LogP contribution < -0.4 is 4.74 Å². The highest BCUT2D eigenvalue weighted by atomic mass is 16.6. The lowest BCUT2D eigenvalue weighted by Gasteiger charge is -2.17. The van der Waals surface area contributed by atoms with Crippen LogP contribution in [0.5, 0.6) is 5.75 Å². The normalized spacial score (nSPS) is 10.2. The van der Waals surface area contributed by atoms with Crippen molar-refractivity contribution in [3.05, 3.63) is 69.8 Å². The van der Waals surface area contributed by atoms with E-state index in [1.165, 1.54) is 23.1 Å². The smallest absolute Gasteiger partial charge is 0.270 e. The van der Waals surface area contributed by atoms with E-state index in [-0.39, 0.29) is 17.2 Å². The summed E-state index contributed by atoms with van der Waals surface area (Å²) in [7, 11) is 1.64. The number of nitro groups is 1. The topological polar surface area (TPSA) is 72.7 Å². The fourth-order valence-electron chi connectivity index (χ4n) is 2.08. The van der Waals surface area contributed by atoms with E-state index in [0.29, 0.717) is 13.2 Å². The zero-order valence-electron chi connectivity index (χ0n) is 13.1. The molecule has 0 bridgehead atoms. The summed E-state index contributed by atoms with van der Waals surface area (Å²) in [6, 6.07) is 13.4. The summed E-state index contributed by atoms with van der Waals surface area (Å²) in [6.07, 6.45) is 0. The summed E-state index contributed by atoms with van der Waals surface area (Å²) in [5.74, 6) is 0.475. The molecule has 0 radical (unpaired) electrons. The van der Waals surface area contributed by atoms with Crippen LogP contribution in [0.15, 0.2) is 48.5 Å². The first kappa shape index (κ1) is 16.5. The summed E-state index contributed by atoms with van der Waals surface area (Å²) >= 11 is 0. The fraction of sp³-hybridized carbons (Fsp3) is 0.235. The molecule has 0 spiro atoms. The Labute approximate surface area is 134 Å². The molecule has 0 N–H and O–H groups in total. The van der Waals surface area contributed by atoms with Crippen LogP contribution in [-0.4, -0.2) is 35.9 Å². The van der Waals surface area contributed by atoms with Gasteiger partial charge in [-0.25, -0.2) is 0 Å². The van der Waals surface area contributed by atoms with Gasteiger partial charge in [0.2, 0.25) is 0 Å². The third-order valence-corrected chi connectivity index (χ3v) is 3.34. The molecule has 2 aromatic rings. The second-order valence-corrected chi connectivity index (χ2v) is 5.20. The Hall–Kier alpha value is -2.89. The van der Waals surface area contributed by atoms with E-state index in [1.54, 1.807) is 13.1 Å². The van der Waals surface area contributed by atoms with Gasteiger partial charge >= 0.3 is 0 Å². The molecule has 120 valence electrons. The summed E-state index contributed by atoms with van der Waals surface area (Å²) in [6.45, 7) is 2.71. The molecule has 0 saturated carbocycles. The van der Waals surface area contributed by atoms with Crippen LogP contribution in [0.4, 0.5) is 5.69 Å². The molecular formula is C17H18N2O4. The summed E-state index contributed by atoms with van der Waals surface area (Å²) < 4.78 is 5.60. The van der Waals surface area contributed by atoms with Gasteiger partial charge in [0.05, 0.1) is 11.5 Å². The van der Waals surface area contributed by atoms with Crippen molar-refractivity contribution in [2.75, 3.05) is 20.2 Å². The van der Waals surface area contributed by atoms with Gasteiger partial charge < -0.3 is 9.64 Å². The van der Waals surface area contributed by atoms with Gasteiger partial charge in [-0.15, -0.1) is 0 Å². The number of aryl methyl sites for hydroxylation is 1. The lowest BCUT2D eigenvalue weighted by Crippen LogP contribution is -2.30. The number of carbonyl (C=O) groups excluding carboxylic acids is 1. The van der Waals surface area contributed by atoms with Crippen molar-refractivity contribution in [1.29, 1.82) is 0 Å². The van der Waals surface area contributed by atoms with Gasteiger partial charge in [0.25, 0.3) is 11.6 Å². The maximum Gasteiger partial charge on any atom is 0.270 e. The Kier molecular flexibility index (Phi) is 5.30. The predicted octanol–water partition coefficient (Wildman–Crippen LogP) is 3.05. The van der Waals surface area contributed by atoms with E-state index in [1.807, 2.05) is 31.2 Å². The van der Waals surface area contributed by atoms with Crippen molar-refractivity contribution in [2.24, 2.45) is 0 Å². The quantitative estimate of drug-likeness (QED) is 0.607. The fourth-order valence-corrected chi connectivity index (χ4v) is 2.08. The summed E-state index contributed by atoms with van der Waals surface area (Å²) in [4.78, 5) is 24.0. The molecule has 0 heterocycles. The van der Waals surface area contributed by atoms with Crippen LogP contribution in [0, 0.1) is 17.0 Å². The maximum atomic E-state index is 12.3. The summed E-state index contributed by atoms with van der Waals surface area (Å²) in [5, 5.41) is 10.8. The summed E-state index contributed by atoms with van der Waals surface area (Å²) in [5.41, 5.74) is 1.29. The number of ether oxygens (including phenoxy) is 1. The minimum absolute atomic E-state index is 0.0970. The van der Waals surface area contributed by atoms with Gasteiger partial charge in [-0.3, -0.25) is 14.9 Å². The first-order valence-corrected chi connectivity index (χ1v) is 7.17. The molecule has 1 amide bonds. The second-order valence-electron chi connectivity index (χ2n) is 5.20. The van der Waals surface area contributed by atoms with E-state index < -0.39 is 4.92 Å². The molecule has 0 unspecified atom stereocenters. The number of nitro benzene ring substituents is 1. The average molecular weight is 314 g/mol. The molecule has 23 heavy (non-hydrogen) atoms. The van der Waals surface area contributed by atoms with Crippen molar-refractivity contribution < 1.29 is 14.5 Å². The van der Waals surface area contributed by atoms with Crippen molar-refractivity contribution in [2.45, 2.75) is 6.92 Å². The van der Waals surface area contributed by atoms with E-state index >= 15 is 0 Å². The van der Waals surface area contributed by atoms with E-state index in [0.717, 1.165) is 11.3 Å². The molecule has 6 nitrogen and oxygen atoms in total. The third kappa shape index (κ3) is 4.54. The monoisotopic (exact) mass is 314 g/mol. The van der Waals surface area contributed by atoms with Gasteiger partial charge in [0.15, 0.2) is 0 Å². The van der Waals surface area contributed by atoms with Gasteiger partial charge in [0.1, 0.15) is 12.4 Å². The Bertz CT molecular complexity index is 715. The van der Waals surface area contributed by atoms with Gasteiger partial charge in [0, 0.05) is 24.7 Å². The van der Waals surface area contributed by atoms with Crippen molar-refractivity contribution in [1.82, 2.24) is 4.90 Å². The average Bonchev–Trinajstić information content (AvgIpc) is 2.54. The van der Waals surface area contributed by atoms with Crippen LogP contribution in [0.25, 0.3) is 0 Å². The van der Waals surface area contributed by atoms with Gasteiger partial charge in [-0.05, 0) is 30.7 Å². The molecule has 0 aliphatic carbocycles. The number of rotatable bonds is 6. The Morgan fingerprint density at radius 2 is 1.96 bits per heavy atom. The SMILES string of the molecule is Cc1cccc(OCCN(C)C(=O)c2cccc([N+](=O)[O-])c2)c1. The molecule has 2 aromatic carbocycles. The Balaban J connectivity index is 1.92. The van der Waals surface area contributed by atoms with E-state index in [4.69, 9.17) is 4.74 Å². The largest absolute Gasteiger partial charge is 0.492 e. The number of hydrogen-bond acceptors (Lipinski definition) is 4. The Morgan fingerprint density at radius 3 is 2.65 bits per heavy atom. The van der Waals surface area contributed by atoms with E-state index in [2.05, 4.69) is 0 Å². The van der Waals surface area contributed by atoms with Crippen LogP contribution in [-0.2, 0) is 0 Å². The zero-order chi connectivity index (χ0) is 16.8. The Morgan fingerprint density at radius 1 is 1.22 bits per heavy atom. The number of hydrogen-bond donors (Lipinski definition) is 0. The predicted molar refractivity (Wildman–Crippen MR) is 86.7 cm³/mol. The van der Waals surface area contributed by atoms with E-state index in [9.17, 15) is 14.9 Å². The maximum absolute atomic E-state index is 12.3. The van der Waals surface area contributed by atoms with Crippen molar-refractivity contribution in [3.63, 3.8) is 0 Å². The lowest BCUT2D eigenvalue weighted by atomic mass is 10.2. The van der Waals surface area contributed by atoms with Crippen LogP contribution in [0.1, 0.15) is 15.9 Å². The third-order valence-electron chi connectivity index (χ3n) is 3.34. The van der Waals surface area contributed by atoms with Crippen LogP contribution in [0.2, 0.25) is 0 Å². The van der Waals surface area contributed by atoms with Crippen molar-refractivity contribution in [3.8, 4) is 5.75 Å². The molecule has 0 saturated heterocycles. The standard InChI is InChI=1S/C17H18N2O4/c1-13-5-3-8-16(11-13)23-10-9-18(2)17(20)14-6-4-7-15(12-14)19(21)22/h3-8,11-12H,9-10H2,1-2H3. The molecule has 0 aliphatic rings. The van der Waals surface area contributed by atoms with Crippen molar-refractivity contribution >= 4 is 11.6 Å². The first-order valence-electron chi connectivity index (χ1n) is 7.17. The van der Waals surface area contributed by atoms with Crippen LogP contribution in [0.3, 0.4) is 0 Å². The highest BCUT2D eigenvalue weighted by Crippen LogP contribution is 2.15. The number of carbonyl (C=O) groups is 1. The number of non-ortho nitro benzene ring substituents is 1.